The number of nitrogens with one attached hydrogen (secondary N) is 1. The van der Waals surface area contributed by atoms with E-state index in [1.807, 2.05) is 29.8 Å². The van der Waals surface area contributed by atoms with Gasteiger partial charge in [0.15, 0.2) is 0 Å². The Labute approximate surface area is 79.8 Å². The second kappa shape index (κ2) is 6.81. The van der Waals surface area contributed by atoms with E-state index in [9.17, 15) is 4.79 Å². The van der Waals surface area contributed by atoms with Gasteiger partial charge < -0.3 is 9.84 Å². The van der Waals surface area contributed by atoms with Gasteiger partial charge in [0, 0.05) is 36.1 Å². The van der Waals surface area contributed by atoms with Crippen molar-refractivity contribution < 1.29 is 14.6 Å². The Bertz CT molecular complexity index is 120. The molecule has 4 nitrogen and oxygen atoms in total. The summed E-state index contributed by atoms with van der Waals surface area (Å²) >= 11 is 1.83. The molecule has 2 N–H and O–H groups in total. The Morgan fingerprint density at radius 2 is 2.45 bits per heavy atom. The second-order valence-corrected chi connectivity index (χ2v) is 2.61. The molecular weight excluding hydrogens is 261 g/mol. The zero-order valence-corrected chi connectivity index (χ0v) is 8.50. The fourth-order valence-electron chi connectivity index (χ4n) is 0.570. The summed E-state index contributed by atoms with van der Waals surface area (Å²) in [4.78, 5) is 10.4. The number of rotatable bonds is 6. The average Bonchev–Trinajstić information content (AvgIpc) is 1.97. The van der Waals surface area contributed by atoms with Crippen molar-refractivity contribution in [1.29, 1.82) is 0 Å². The molecule has 0 aromatic rings. The Morgan fingerprint density at radius 1 is 1.82 bits per heavy atom. The maximum Gasteiger partial charge on any atom is 0.321 e. The molecule has 0 amide bonds. The van der Waals surface area contributed by atoms with E-state index < -0.39 is 12.0 Å². The monoisotopic (exact) mass is 273 g/mol. The van der Waals surface area contributed by atoms with Crippen LogP contribution in [0.5, 0.6) is 0 Å². The molecule has 0 spiro atoms. The van der Waals surface area contributed by atoms with E-state index in [2.05, 4.69) is 3.53 Å². The van der Waals surface area contributed by atoms with E-state index >= 15 is 0 Å². The summed E-state index contributed by atoms with van der Waals surface area (Å²) in [6, 6.07) is -0.498. The van der Waals surface area contributed by atoms with Crippen molar-refractivity contribution in [3.8, 4) is 0 Å². The van der Waals surface area contributed by atoms with Crippen LogP contribution in [0.25, 0.3) is 0 Å². The molecule has 0 aliphatic rings. The third-order valence-electron chi connectivity index (χ3n) is 1.18. The van der Waals surface area contributed by atoms with Crippen molar-refractivity contribution in [3.63, 3.8) is 0 Å². The van der Waals surface area contributed by atoms with Crippen molar-refractivity contribution in [3.05, 3.63) is 0 Å². The quantitative estimate of drug-likeness (QED) is 0.427. The van der Waals surface area contributed by atoms with Gasteiger partial charge >= 0.3 is 5.97 Å². The van der Waals surface area contributed by atoms with Crippen LogP contribution in [0.3, 0.4) is 0 Å². The lowest BCUT2D eigenvalue weighted by molar-refractivity contribution is -0.139. The fourth-order valence-corrected chi connectivity index (χ4v) is 1.15. The topological polar surface area (TPSA) is 58.6 Å². The average molecular weight is 273 g/mol. The van der Waals surface area contributed by atoms with Gasteiger partial charge in [-0.05, 0) is 13.3 Å². The fraction of sp³-hybridized carbons (Fsp3) is 0.833. The number of carboxylic acids is 1. The van der Waals surface area contributed by atoms with Crippen LogP contribution >= 0.6 is 22.9 Å². The van der Waals surface area contributed by atoms with Crippen LogP contribution in [0.2, 0.25) is 0 Å². The molecule has 0 bridgehead atoms. The highest BCUT2D eigenvalue weighted by molar-refractivity contribution is 14.1. The summed E-state index contributed by atoms with van der Waals surface area (Å²) in [6.07, 6.45) is 0.506. The minimum atomic E-state index is -0.834. The van der Waals surface area contributed by atoms with Gasteiger partial charge in [-0.2, -0.15) is 0 Å². The normalized spacial score (nSPS) is 12.9. The zero-order valence-electron chi connectivity index (χ0n) is 6.34. The number of ether oxygens (including phenoxy) is 1. The summed E-state index contributed by atoms with van der Waals surface area (Å²) in [6.45, 7) is 3.00. The lowest BCUT2D eigenvalue weighted by Gasteiger charge is -2.08. The molecule has 0 saturated carbocycles. The van der Waals surface area contributed by atoms with Crippen LogP contribution in [0.1, 0.15) is 13.3 Å². The lowest BCUT2D eigenvalue weighted by Crippen LogP contribution is -2.31. The third kappa shape index (κ3) is 5.40. The second-order valence-electron chi connectivity index (χ2n) is 1.99. The van der Waals surface area contributed by atoms with E-state index in [0.717, 1.165) is 0 Å². The summed E-state index contributed by atoms with van der Waals surface area (Å²) in [5, 5.41) is 8.55. The van der Waals surface area contributed by atoms with E-state index in [4.69, 9.17) is 9.84 Å². The minimum absolute atomic E-state index is 0.490. The number of aliphatic carboxylic acids is 1. The van der Waals surface area contributed by atoms with Crippen LogP contribution in [0.4, 0.5) is 0 Å². The summed E-state index contributed by atoms with van der Waals surface area (Å²) in [7, 11) is 0. The van der Waals surface area contributed by atoms with Gasteiger partial charge in [-0.1, -0.05) is 0 Å². The molecule has 0 aromatic carbocycles. The van der Waals surface area contributed by atoms with Gasteiger partial charge in [-0.3, -0.25) is 4.79 Å². The standard InChI is InChI=1S/C6H12INO3/c1-2-11-4-3-5(8-7)6(9)10/h5,8H,2-4H2,1H3,(H,9,10)/t5-/m0/s1. The highest BCUT2D eigenvalue weighted by atomic mass is 127. The van der Waals surface area contributed by atoms with Gasteiger partial charge in [0.2, 0.25) is 0 Å². The largest absolute Gasteiger partial charge is 0.480 e. The Balaban J connectivity index is 3.44. The summed E-state index contributed by atoms with van der Waals surface area (Å²) in [5.74, 6) is -0.834. The molecule has 11 heavy (non-hydrogen) atoms. The molecule has 5 heteroatoms. The molecule has 0 aliphatic heterocycles. The maximum absolute atomic E-state index is 10.4. The zero-order chi connectivity index (χ0) is 8.69. The smallest absolute Gasteiger partial charge is 0.321 e. The van der Waals surface area contributed by atoms with E-state index in [0.29, 0.717) is 19.6 Å². The number of hydrogen-bond acceptors (Lipinski definition) is 3. The van der Waals surface area contributed by atoms with Gasteiger partial charge in [0.05, 0.1) is 0 Å². The number of hydrogen-bond donors (Lipinski definition) is 2. The molecule has 0 saturated heterocycles. The first-order valence-corrected chi connectivity index (χ1v) is 4.47. The third-order valence-corrected chi connectivity index (χ3v) is 1.94. The Kier molecular flexibility index (Phi) is 6.88. The number of carboxylic acid groups (broad SMARTS) is 1. The molecule has 1 atom stereocenters. The molecule has 66 valence electrons. The van der Waals surface area contributed by atoms with Crippen LogP contribution in [-0.4, -0.2) is 30.3 Å². The summed E-state index contributed by atoms with van der Waals surface area (Å²) < 4.78 is 7.66. The van der Waals surface area contributed by atoms with Crippen molar-refractivity contribution in [2.45, 2.75) is 19.4 Å². The minimum Gasteiger partial charge on any atom is -0.480 e. The molecule has 0 radical (unpaired) electrons. The van der Waals surface area contributed by atoms with Crippen LogP contribution in [0, 0.1) is 0 Å². The molecule has 0 aromatic heterocycles. The first-order chi connectivity index (χ1) is 5.22. The predicted octanol–water partition coefficient (Wildman–Crippen LogP) is 0.806. The molecular formula is C6H12INO3. The maximum atomic E-state index is 10.4. The van der Waals surface area contributed by atoms with Gasteiger partial charge in [-0.25, -0.2) is 3.53 Å². The number of halogens is 1. The molecule has 0 unspecified atom stereocenters. The van der Waals surface area contributed by atoms with Crippen LogP contribution < -0.4 is 3.53 Å². The van der Waals surface area contributed by atoms with Gasteiger partial charge in [0.1, 0.15) is 6.04 Å². The molecule has 0 fully saturated rings. The SMILES string of the molecule is CCOCC[C@H](NI)C(=O)O. The van der Waals surface area contributed by atoms with Crippen LogP contribution in [-0.2, 0) is 9.53 Å². The summed E-state index contributed by atoms with van der Waals surface area (Å²) in [5.41, 5.74) is 0. The van der Waals surface area contributed by atoms with E-state index in [-0.39, 0.29) is 0 Å². The van der Waals surface area contributed by atoms with Crippen molar-refractivity contribution in [2.75, 3.05) is 13.2 Å². The highest BCUT2D eigenvalue weighted by Gasteiger charge is 2.14. The van der Waals surface area contributed by atoms with E-state index in [1.165, 1.54) is 0 Å². The Hall–Kier alpha value is 0.120. The molecule has 0 heterocycles. The first-order valence-electron chi connectivity index (χ1n) is 3.39. The highest BCUT2D eigenvalue weighted by Crippen LogP contribution is 1.95. The van der Waals surface area contributed by atoms with Crippen molar-refractivity contribution in [1.82, 2.24) is 3.53 Å². The van der Waals surface area contributed by atoms with Crippen molar-refractivity contribution >= 4 is 28.8 Å². The van der Waals surface area contributed by atoms with E-state index in [1.54, 1.807) is 0 Å². The lowest BCUT2D eigenvalue weighted by atomic mass is 10.2. The van der Waals surface area contributed by atoms with Gasteiger partial charge in [-0.15, -0.1) is 0 Å². The van der Waals surface area contributed by atoms with Crippen LogP contribution in [0.15, 0.2) is 0 Å². The predicted molar refractivity (Wildman–Crippen MR) is 49.7 cm³/mol. The van der Waals surface area contributed by atoms with Crippen molar-refractivity contribution in [2.24, 2.45) is 0 Å². The molecule has 0 rings (SSSR count). The Morgan fingerprint density at radius 3 is 2.82 bits per heavy atom. The van der Waals surface area contributed by atoms with Gasteiger partial charge in [0.25, 0.3) is 0 Å². The number of carbonyl (C=O) groups is 1. The molecule has 0 aliphatic carbocycles. The first kappa shape index (κ1) is 11.1.